The molecule has 0 saturated heterocycles. The molecule has 0 aliphatic rings. The number of hydrogen-bond acceptors (Lipinski definition) is 8. The van der Waals surface area contributed by atoms with Crippen LogP contribution >= 0.6 is 11.8 Å². The van der Waals surface area contributed by atoms with Gasteiger partial charge in [-0.25, -0.2) is 9.78 Å². The monoisotopic (exact) mass is 435 g/mol. The summed E-state index contributed by atoms with van der Waals surface area (Å²) in [6.07, 6.45) is -0.880. The molecule has 0 aliphatic heterocycles. The molecule has 158 valence electrons. The van der Waals surface area contributed by atoms with E-state index in [1.54, 1.807) is 0 Å². The van der Waals surface area contributed by atoms with Crippen molar-refractivity contribution in [3.05, 3.63) is 60.8 Å². The second-order valence-corrected chi connectivity index (χ2v) is 7.40. The van der Waals surface area contributed by atoms with Crippen LogP contribution in [0.5, 0.6) is 0 Å². The van der Waals surface area contributed by atoms with E-state index in [4.69, 9.17) is 5.11 Å². The first kappa shape index (κ1) is 21.3. The largest absolute Gasteiger partial charge is 0.481 e. The number of nitrogens with zero attached hydrogens (tertiary/aromatic N) is 4. The Balaban J connectivity index is 1.94. The van der Waals surface area contributed by atoms with Gasteiger partial charge in [-0.15, -0.1) is 0 Å². The number of nitrogens with one attached hydrogen (secondary N) is 1. The quantitative estimate of drug-likeness (QED) is 0.252. The minimum Gasteiger partial charge on any atom is -0.481 e. The highest BCUT2D eigenvalue weighted by Crippen LogP contribution is 2.22. The van der Waals surface area contributed by atoms with Crippen LogP contribution in [0.1, 0.15) is 5.56 Å². The molecule has 0 amide bonds. The number of aryl methyl sites for hydroxylation is 1. The molecule has 30 heavy (non-hydrogen) atoms. The fourth-order valence-corrected chi connectivity index (χ4v) is 3.65. The average Bonchev–Trinajstić information content (AvgIpc) is 3.03. The standard InChI is InChI=1S/C17H17N5O7S/c1-20-14-13(15(26)19-16(20)27)21(17(18-14)30-8-12(24)25)7-11(23)6-9-2-4-10(5-3-9)22(28)29/h2-5,11,23H,6-8H2,1H3,(H,24,25)(H,19,26,27). The molecule has 0 saturated carbocycles. The summed E-state index contributed by atoms with van der Waals surface area (Å²) in [5.41, 5.74) is -0.706. The van der Waals surface area contributed by atoms with Gasteiger partial charge in [0.2, 0.25) is 0 Å². The van der Waals surface area contributed by atoms with E-state index in [2.05, 4.69) is 9.97 Å². The molecular weight excluding hydrogens is 418 g/mol. The molecule has 1 aromatic carbocycles. The first-order valence-electron chi connectivity index (χ1n) is 8.63. The van der Waals surface area contributed by atoms with Crippen LogP contribution in [0.15, 0.2) is 39.0 Å². The number of carboxylic acid groups (broad SMARTS) is 1. The van der Waals surface area contributed by atoms with Crippen molar-refractivity contribution < 1.29 is 19.9 Å². The van der Waals surface area contributed by atoms with Crippen molar-refractivity contribution in [1.82, 2.24) is 19.1 Å². The Morgan fingerprint density at radius 2 is 2.00 bits per heavy atom. The van der Waals surface area contributed by atoms with Crippen LogP contribution in [0, 0.1) is 10.1 Å². The van der Waals surface area contributed by atoms with E-state index < -0.39 is 28.2 Å². The summed E-state index contributed by atoms with van der Waals surface area (Å²) in [7, 11) is 1.41. The molecule has 3 rings (SSSR count). The van der Waals surface area contributed by atoms with Crippen LogP contribution in [-0.4, -0.2) is 52.1 Å². The summed E-state index contributed by atoms with van der Waals surface area (Å²) in [6, 6.07) is 5.68. The molecule has 1 atom stereocenters. The Morgan fingerprint density at radius 3 is 2.60 bits per heavy atom. The lowest BCUT2D eigenvalue weighted by atomic mass is 10.1. The second-order valence-electron chi connectivity index (χ2n) is 6.46. The zero-order valence-electron chi connectivity index (χ0n) is 15.6. The number of aromatic nitrogens is 4. The number of benzene rings is 1. The van der Waals surface area contributed by atoms with Crippen LogP contribution in [0.25, 0.3) is 11.2 Å². The average molecular weight is 435 g/mol. The van der Waals surface area contributed by atoms with E-state index in [9.17, 15) is 29.6 Å². The summed E-state index contributed by atoms with van der Waals surface area (Å²) in [5.74, 6) is -1.42. The van der Waals surface area contributed by atoms with Crippen LogP contribution < -0.4 is 11.2 Å². The maximum atomic E-state index is 12.4. The number of non-ortho nitro benzene ring substituents is 1. The van der Waals surface area contributed by atoms with Crippen LogP contribution in [0.3, 0.4) is 0 Å². The van der Waals surface area contributed by atoms with Gasteiger partial charge in [-0.3, -0.25) is 29.3 Å². The molecule has 0 aliphatic carbocycles. The highest BCUT2D eigenvalue weighted by atomic mass is 32.2. The first-order chi connectivity index (χ1) is 14.2. The smallest absolute Gasteiger partial charge is 0.329 e. The third-order valence-corrected chi connectivity index (χ3v) is 5.27. The lowest BCUT2D eigenvalue weighted by Crippen LogP contribution is -2.30. The maximum Gasteiger partial charge on any atom is 0.329 e. The van der Waals surface area contributed by atoms with Gasteiger partial charge in [0.25, 0.3) is 11.2 Å². The lowest BCUT2D eigenvalue weighted by Gasteiger charge is -2.14. The normalized spacial score (nSPS) is 12.2. The van der Waals surface area contributed by atoms with Gasteiger partial charge in [-0.1, -0.05) is 23.9 Å². The van der Waals surface area contributed by atoms with Crippen molar-refractivity contribution in [3.63, 3.8) is 0 Å². The predicted octanol–water partition coefficient (Wildman–Crippen LogP) is 0.112. The summed E-state index contributed by atoms with van der Waals surface area (Å²) in [5, 5.41) is 30.4. The molecule has 0 fully saturated rings. The van der Waals surface area contributed by atoms with Gasteiger partial charge in [0.05, 0.1) is 23.3 Å². The lowest BCUT2D eigenvalue weighted by molar-refractivity contribution is -0.384. The zero-order chi connectivity index (χ0) is 22.0. The number of nitro benzene ring substituents is 1. The third-order valence-electron chi connectivity index (χ3n) is 4.31. The predicted molar refractivity (Wildman–Crippen MR) is 107 cm³/mol. The number of aliphatic carboxylic acids is 1. The minimum atomic E-state index is -1.09. The highest BCUT2D eigenvalue weighted by Gasteiger charge is 2.21. The number of nitro groups is 1. The minimum absolute atomic E-state index is 0.0349. The summed E-state index contributed by atoms with van der Waals surface area (Å²) < 4.78 is 2.50. The molecule has 3 N–H and O–H groups in total. The maximum absolute atomic E-state index is 12.4. The summed E-state index contributed by atoms with van der Waals surface area (Å²) in [6.45, 7) is -0.100. The van der Waals surface area contributed by atoms with Gasteiger partial charge >= 0.3 is 11.7 Å². The van der Waals surface area contributed by atoms with E-state index in [0.717, 1.165) is 16.3 Å². The number of aliphatic hydroxyl groups excluding tert-OH is 1. The molecule has 13 heteroatoms. The summed E-state index contributed by atoms with van der Waals surface area (Å²) >= 11 is 0.856. The molecule has 12 nitrogen and oxygen atoms in total. The van der Waals surface area contributed by atoms with E-state index in [1.807, 2.05) is 0 Å². The molecule has 2 heterocycles. The van der Waals surface area contributed by atoms with Gasteiger partial charge in [0, 0.05) is 25.6 Å². The number of fused-ring (bicyclic) bond motifs is 1. The summed E-state index contributed by atoms with van der Waals surface area (Å²) in [4.78, 5) is 51.7. The van der Waals surface area contributed by atoms with Gasteiger partial charge in [0.1, 0.15) is 0 Å². The first-order valence-corrected chi connectivity index (χ1v) is 9.61. The fraction of sp³-hybridized carbons (Fsp3) is 0.294. The van der Waals surface area contributed by atoms with Crippen LogP contribution in [0.2, 0.25) is 0 Å². The van der Waals surface area contributed by atoms with E-state index in [-0.39, 0.29) is 40.7 Å². The Morgan fingerprint density at radius 1 is 1.33 bits per heavy atom. The molecule has 0 spiro atoms. The van der Waals surface area contributed by atoms with Gasteiger partial charge < -0.3 is 14.8 Å². The van der Waals surface area contributed by atoms with Crippen LogP contribution in [0.4, 0.5) is 5.69 Å². The Labute approximate surface area is 171 Å². The van der Waals surface area contributed by atoms with Crippen molar-refractivity contribution in [1.29, 1.82) is 0 Å². The van der Waals surface area contributed by atoms with Crippen molar-refractivity contribution >= 4 is 34.6 Å². The van der Waals surface area contributed by atoms with Crippen molar-refractivity contribution in [2.75, 3.05) is 5.75 Å². The number of hydrogen-bond donors (Lipinski definition) is 3. The van der Waals surface area contributed by atoms with Crippen LogP contribution in [-0.2, 0) is 24.8 Å². The third kappa shape index (κ3) is 4.41. The number of carboxylic acids is 1. The number of aliphatic hydroxyl groups is 1. The molecule has 0 bridgehead atoms. The van der Waals surface area contributed by atoms with E-state index >= 15 is 0 Å². The number of carbonyl (C=O) groups is 1. The van der Waals surface area contributed by atoms with Crippen molar-refractivity contribution in [3.8, 4) is 0 Å². The molecule has 1 unspecified atom stereocenters. The topological polar surface area (TPSA) is 173 Å². The molecule has 0 radical (unpaired) electrons. The number of aromatic amines is 1. The number of rotatable bonds is 8. The van der Waals surface area contributed by atoms with Gasteiger partial charge in [0.15, 0.2) is 16.3 Å². The fourth-order valence-electron chi connectivity index (χ4n) is 2.92. The number of H-pyrrole nitrogens is 1. The Hall–Kier alpha value is -3.45. The van der Waals surface area contributed by atoms with Gasteiger partial charge in [-0.05, 0) is 5.56 Å². The Bertz CT molecular complexity index is 1230. The Kier molecular flexibility index (Phi) is 6.03. The number of thioether (sulfide) groups is 1. The number of imidazole rings is 1. The van der Waals surface area contributed by atoms with Crippen molar-refractivity contribution in [2.24, 2.45) is 7.05 Å². The zero-order valence-corrected chi connectivity index (χ0v) is 16.5. The molecule has 2 aromatic heterocycles. The van der Waals surface area contributed by atoms with E-state index in [0.29, 0.717) is 5.56 Å². The highest BCUT2D eigenvalue weighted by molar-refractivity contribution is 7.99. The van der Waals surface area contributed by atoms with Gasteiger partial charge in [-0.2, -0.15) is 0 Å². The second kappa shape index (κ2) is 8.51. The molecule has 3 aromatic rings. The molecular formula is C17H17N5O7S. The van der Waals surface area contributed by atoms with E-state index in [1.165, 1.54) is 35.9 Å². The SMILES string of the molecule is Cn1c(=O)[nH]c(=O)c2c1nc(SCC(=O)O)n2CC(O)Cc1ccc([N+](=O)[O-])cc1. The van der Waals surface area contributed by atoms with Crippen molar-refractivity contribution in [2.45, 2.75) is 24.2 Å².